The number of carbonyl (C=O) groups excluding carboxylic acids is 2. The van der Waals surface area contributed by atoms with E-state index in [-0.39, 0.29) is 36.7 Å². The van der Waals surface area contributed by atoms with E-state index in [0.29, 0.717) is 12.8 Å². The molecular formula is C14H21NO3. The van der Waals surface area contributed by atoms with E-state index in [1.54, 1.807) is 6.08 Å². The standard InChI is InChI=1S/C14H21NO3/c1-2-3-4-5-12-11(6-7-13(12)17)10-14(18)15-8-9-16/h3-4,6-7,11-12,16H,2,5,8-10H2,1H3,(H,15,18)/b4-3-. The molecule has 0 saturated heterocycles. The van der Waals surface area contributed by atoms with E-state index in [1.807, 2.05) is 25.2 Å². The average molecular weight is 251 g/mol. The van der Waals surface area contributed by atoms with E-state index in [4.69, 9.17) is 5.11 Å². The highest BCUT2D eigenvalue weighted by Gasteiger charge is 2.30. The van der Waals surface area contributed by atoms with Crippen molar-refractivity contribution >= 4 is 11.7 Å². The minimum atomic E-state index is -0.113. The molecule has 2 N–H and O–H groups in total. The van der Waals surface area contributed by atoms with Crippen LogP contribution < -0.4 is 5.32 Å². The van der Waals surface area contributed by atoms with Gasteiger partial charge >= 0.3 is 0 Å². The molecule has 0 aliphatic heterocycles. The molecule has 1 rings (SSSR count). The largest absolute Gasteiger partial charge is 0.395 e. The zero-order valence-corrected chi connectivity index (χ0v) is 10.8. The molecule has 1 aliphatic rings. The lowest BCUT2D eigenvalue weighted by molar-refractivity contribution is -0.123. The Hall–Kier alpha value is -1.42. The summed E-state index contributed by atoms with van der Waals surface area (Å²) in [5.74, 6) is -0.126. The van der Waals surface area contributed by atoms with E-state index in [1.165, 1.54) is 0 Å². The number of carbonyl (C=O) groups is 2. The average Bonchev–Trinajstić information content (AvgIpc) is 2.69. The number of hydrogen-bond acceptors (Lipinski definition) is 3. The highest BCUT2D eigenvalue weighted by molar-refractivity contribution is 5.95. The van der Waals surface area contributed by atoms with Crippen molar-refractivity contribution in [3.63, 3.8) is 0 Å². The van der Waals surface area contributed by atoms with Gasteiger partial charge in [-0.2, -0.15) is 0 Å². The lowest BCUT2D eigenvalue weighted by Gasteiger charge is -2.16. The number of ketones is 1. The Morgan fingerprint density at radius 2 is 2.28 bits per heavy atom. The van der Waals surface area contributed by atoms with Crippen LogP contribution in [0, 0.1) is 11.8 Å². The Morgan fingerprint density at radius 3 is 2.94 bits per heavy atom. The lowest BCUT2D eigenvalue weighted by atomic mass is 9.88. The Kier molecular flexibility index (Phi) is 6.36. The molecule has 18 heavy (non-hydrogen) atoms. The number of aliphatic hydroxyl groups excluding tert-OH is 1. The first kappa shape index (κ1) is 14.6. The molecule has 0 bridgehead atoms. The minimum Gasteiger partial charge on any atom is -0.395 e. The van der Waals surface area contributed by atoms with Gasteiger partial charge in [0.2, 0.25) is 5.91 Å². The fourth-order valence-corrected chi connectivity index (χ4v) is 2.08. The highest BCUT2D eigenvalue weighted by atomic mass is 16.3. The number of nitrogens with one attached hydrogen (secondary N) is 1. The van der Waals surface area contributed by atoms with Crippen LogP contribution >= 0.6 is 0 Å². The van der Waals surface area contributed by atoms with Gasteiger partial charge in [-0.3, -0.25) is 9.59 Å². The van der Waals surface area contributed by atoms with Crippen molar-refractivity contribution in [3.8, 4) is 0 Å². The second-order valence-electron chi connectivity index (χ2n) is 4.42. The third-order valence-electron chi connectivity index (χ3n) is 3.04. The number of rotatable bonds is 7. The molecule has 2 atom stereocenters. The van der Waals surface area contributed by atoms with Crippen LogP contribution in [0.5, 0.6) is 0 Å². The van der Waals surface area contributed by atoms with Gasteiger partial charge in [0, 0.05) is 18.9 Å². The normalized spacial score (nSPS) is 22.9. The highest BCUT2D eigenvalue weighted by Crippen LogP contribution is 2.28. The molecule has 0 aromatic heterocycles. The summed E-state index contributed by atoms with van der Waals surface area (Å²) in [6, 6.07) is 0. The zero-order chi connectivity index (χ0) is 13.4. The van der Waals surface area contributed by atoms with Gasteiger partial charge in [-0.15, -0.1) is 0 Å². The van der Waals surface area contributed by atoms with Crippen LogP contribution in [-0.2, 0) is 9.59 Å². The van der Waals surface area contributed by atoms with E-state index >= 15 is 0 Å². The van der Waals surface area contributed by atoms with Crippen molar-refractivity contribution in [2.45, 2.75) is 26.2 Å². The predicted molar refractivity (Wildman–Crippen MR) is 69.9 cm³/mol. The predicted octanol–water partition coefficient (Wildman–Crippen LogP) is 1.21. The van der Waals surface area contributed by atoms with E-state index in [0.717, 1.165) is 6.42 Å². The third-order valence-corrected chi connectivity index (χ3v) is 3.04. The molecule has 0 aromatic carbocycles. The summed E-state index contributed by atoms with van der Waals surface area (Å²) in [5.41, 5.74) is 0. The van der Waals surface area contributed by atoms with Gasteiger partial charge in [0.05, 0.1) is 6.61 Å². The Labute approximate surface area is 108 Å². The third kappa shape index (κ3) is 4.45. The summed E-state index contributed by atoms with van der Waals surface area (Å²) < 4.78 is 0. The molecule has 0 aromatic rings. The summed E-state index contributed by atoms with van der Waals surface area (Å²) in [5, 5.41) is 11.2. The topological polar surface area (TPSA) is 66.4 Å². The second-order valence-corrected chi connectivity index (χ2v) is 4.42. The molecule has 0 fully saturated rings. The maximum Gasteiger partial charge on any atom is 0.220 e. The van der Waals surface area contributed by atoms with E-state index in [9.17, 15) is 9.59 Å². The molecular weight excluding hydrogens is 230 g/mol. The molecule has 1 amide bonds. The maximum atomic E-state index is 11.7. The second kappa shape index (κ2) is 7.82. The van der Waals surface area contributed by atoms with Crippen molar-refractivity contribution in [2.75, 3.05) is 13.2 Å². The van der Waals surface area contributed by atoms with Gasteiger partial charge in [-0.25, -0.2) is 0 Å². The van der Waals surface area contributed by atoms with Gasteiger partial charge in [0.1, 0.15) is 0 Å². The summed E-state index contributed by atoms with van der Waals surface area (Å²) in [7, 11) is 0. The van der Waals surface area contributed by atoms with Crippen LogP contribution in [0.2, 0.25) is 0 Å². The van der Waals surface area contributed by atoms with Crippen molar-refractivity contribution in [1.82, 2.24) is 5.32 Å². The molecule has 0 saturated carbocycles. The van der Waals surface area contributed by atoms with Gasteiger partial charge in [0.25, 0.3) is 0 Å². The molecule has 0 radical (unpaired) electrons. The Bertz CT molecular complexity index is 347. The van der Waals surface area contributed by atoms with Crippen molar-refractivity contribution in [3.05, 3.63) is 24.3 Å². The van der Waals surface area contributed by atoms with Crippen LogP contribution in [0.25, 0.3) is 0 Å². The molecule has 4 heteroatoms. The molecule has 0 heterocycles. The molecule has 1 aliphatic carbocycles. The first-order valence-corrected chi connectivity index (χ1v) is 6.43. The fraction of sp³-hybridized carbons (Fsp3) is 0.571. The maximum absolute atomic E-state index is 11.7. The fourth-order valence-electron chi connectivity index (χ4n) is 2.08. The van der Waals surface area contributed by atoms with Crippen LogP contribution in [-0.4, -0.2) is 29.9 Å². The minimum absolute atomic E-state index is 0.0160. The van der Waals surface area contributed by atoms with Crippen molar-refractivity contribution in [2.24, 2.45) is 11.8 Å². The van der Waals surface area contributed by atoms with Crippen LogP contribution in [0.15, 0.2) is 24.3 Å². The lowest BCUT2D eigenvalue weighted by Crippen LogP contribution is -2.29. The van der Waals surface area contributed by atoms with Crippen molar-refractivity contribution < 1.29 is 14.7 Å². The molecule has 0 spiro atoms. The van der Waals surface area contributed by atoms with Crippen molar-refractivity contribution in [1.29, 1.82) is 0 Å². The van der Waals surface area contributed by atoms with Gasteiger partial charge < -0.3 is 10.4 Å². The Balaban J connectivity index is 2.47. The van der Waals surface area contributed by atoms with Crippen LogP contribution in [0.1, 0.15) is 26.2 Å². The summed E-state index contributed by atoms with van der Waals surface area (Å²) in [4.78, 5) is 23.2. The monoisotopic (exact) mass is 251 g/mol. The molecule has 100 valence electrons. The molecule has 4 nitrogen and oxygen atoms in total. The number of amides is 1. The molecule has 2 unspecified atom stereocenters. The number of allylic oxidation sites excluding steroid dienone is 4. The summed E-state index contributed by atoms with van der Waals surface area (Å²) >= 11 is 0. The van der Waals surface area contributed by atoms with E-state index < -0.39 is 0 Å². The number of aliphatic hydroxyl groups is 1. The summed E-state index contributed by atoms with van der Waals surface area (Å²) in [6.45, 7) is 2.25. The first-order chi connectivity index (χ1) is 8.69. The van der Waals surface area contributed by atoms with E-state index in [2.05, 4.69) is 5.32 Å². The van der Waals surface area contributed by atoms with Gasteiger partial charge in [-0.05, 0) is 24.8 Å². The Morgan fingerprint density at radius 1 is 1.50 bits per heavy atom. The quantitative estimate of drug-likeness (QED) is 0.668. The van der Waals surface area contributed by atoms with Crippen LogP contribution in [0.4, 0.5) is 0 Å². The van der Waals surface area contributed by atoms with Gasteiger partial charge in [-0.1, -0.05) is 25.2 Å². The van der Waals surface area contributed by atoms with Crippen LogP contribution in [0.3, 0.4) is 0 Å². The first-order valence-electron chi connectivity index (χ1n) is 6.43. The zero-order valence-electron chi connectivity index (χ0n) is 10.8. The SMILES string of the molecule is CC/C=C\CC1C(=O)C=CC1CC(=O)NCCO. The van der Waals surface area contributed by atoms with Gasteiger partial charge in [0.15, 0.2) is 5.78 Å². The smallest absolute Gasteiger partial charge is 0.220 e. The number of hydrogen-bond donors (Lipinski definition) is 2. The summed E-state index contributed by atoms with van der Waals surface area (Å²) in [6.07, 6.45) is 9.41.